The molecule has 0 fully saturated rings. The number of halogens is 3. The molecule has 0 bridgehead atoms. The van der Waals surface area contributed by atoms with Crippen molar-refractivity contribution in [2.45, 2.75) is 31.4 Å². The van der Waals surface area contributed by atoms with Crippen LogP contribution < -0.4 is 4.90 Å². The van der Waals surface area contributed by atoms with Gasteiger partial charge in [-0.05, 0) is 48.6 Å². The Morgan fingerprint density at radius 1 is 1.14 bits per heavy atom. The fraction of sp³-hybridized carbons (Fsp3) is 0.200. The van der Waals surface area contributed by atoms with Crippen molar-refractivity contribution in [3.05, 3.63) is 97.6 Å². The molecule has 1 aliphatic carbocycles. The van der Waals surface area contributed by atoms with Crippen LogP contribution in [-0.2, 0) is 11.0 Å². The molecule has 5 rings (SSSR count). The zero-order valence-electron chi connectivity index (χ0n) is 18.5. The van der Waals surface area contributed by atoms with E-state index in [-0.39, 0.29) is 29.3 Å². The summed E-state index contributed by atoms with van der Waals surface area (Å²) in [4.78, 5) is 26.6. The van der Waals surface area contributed by atoms with Gasteiger partial charge in [-0.15, -0.1) is 11.3 Å². The zero-order chi connectivity index (χ0) is 25.6. The molecular formula is C25H17F3N4O3S. The lowest BCUT2D eigenvalue weighted by atomic mass is 9.78. The van der Waals surface area contributed by atoms with Crippen molar-refractivity contribution in [1.82, 2.24) is 4.57 Å². The maximum absolute atomic E-state index is 13.4. The van der Waals surface area contributed by atoms with E-state index in [0.29, 0.717) is 30.2 Å². The van der Waals surface area contributed by atoms with E-state index in [1.807, 2.05) is 17.5 Å². The minimum atomic E-state index is -4.78. The smallest absolute Gasteiger partial charge is 0.309 e. The number of nitro benzene ring substituents is 1. The molecule has 182 valence electrons. The number of nitriles is 1. The van der Waals surface area contributed by atoms with Gasteiger partial charge in [0.1, 0.15) is 11.5 Å². The van der Waals surface area contributed by atoms with Crippen molar-refractivity contribution in [3.63, 3.8) is 0 Å². The van der Waals surface area contributed by atoms with Gasteiger partial charge in [-0.2, -0.15) is 18.4 Å². The van der Waals surface area contributed by atoms with E-state index in [9.17, 15) is 33.3 Å². The number of benzene rings is 1. The van der Waals surface area contributed by atoms with Gasteiger partial charge in [0.2, 0.25) is 0 Å². The zero-order valence-corrected chi connectivity index (χ0v) is 19.3. The predicted octanol–water partition coefficient (Wildman–Crippen LogP) is 6.48. The van der Waals surface area contributed by atoms with Crippen molar-refractivity contribution in [3.8, 4) is 6.07 Å². The number of alkyl halides is 3. The molecule has 0 radical (unpaired) electrons. The first-order valence-corrected chi connectivity index (χ1v) is 11.8. The maximum Gasteiger partial charge on any atom is 0.416 e. The molecule has 2 aliphatic rings. The molecule has 11 heteroatoms. The van der Waals surface area contributed by atoms with Gasteiger partial charge in [-0.25, -0.2) is 0 Å². The molecule has 36 heavy (non-hydrogen) atoms. The number of carbonyl (C=O) groups excluding carboxylic acids is 1. The van der Waals surface area contributed by atoms with E-state index in [1.54, 1.807) is 29.1 Å². The molecule has 0 N–H and O–H groups in total. The van der Waals surface area contributed by atoms with E-state index in [4.69, 9.17) is 0 Å². The van der Waals surface area contributed by atoms with Gasteiger partial charge >= 0.3 is 6.18 Å². The van der Waals surface area contributed by atoms with Crippen LogP contribution in [0, 0.1) is 21.4 Å². The van der Waals surface area contributed by atoms with Crippen LogP contribution in [0.3, 0.4) is 0 Å². The first-order chi connectivity index (χ1) is 17.2. The predicted molar refractivity (Wildman–Crippen MR) is 127 cm³/mol. The highest BCUT2D eigenvalue weighted by atomic mass is 32.1. The van der Waals surface area contributed by atoms with Crippen LogP contribution in [0.4, 0.5) is 24.5 Å². The minimum Gasteiger partial charge on any atom is -0.309 e. The highest BCUT2D eigenvalue weighted by Gasteiger charge is 2.44. The number of thiophene rings is 1. The summed E-state index contributed by atoms with van der Waals surface area (Å²) in [5.41, 5.74) is -1.09. The van der Waals surface area contributed by atoms with Crippen LogP contribution in [0.25, 0.3) is 5.82 Å². The van der Waals surface area contributed by atoms with Gasteiger partial charge in [-0.1, -0.05) is 6.07 Å². The number of allylic oxidation sites excluding steroid dienone is 3. The van der Waals surface area contributed by atoms with Crippen molar-refractivity contribution in [2.24, 2.45) is 0 Å². The number of anilines is 1. The molecule has 2 aromatic heterocycles. The Labute approximate surface area is 207 Å². The Bertz CT molecular complexity index is 1460. The number of aromatic nitrogens is 1. The Hall–Kier alpha value is -4.17. The van der Waals surface area contributed by atoms with E-state index < -0.39 is 28.3 Å². The Balaban J connectivity index is 1.86. The van der Waals surface area contributed by atoms with Crippen LogP contribution in [0.15, 0.2) is 77.1 Å². The number of nitrogens with zero attached hydrogens (tertiary/aromatic N) is 4. The topological polar surface area (TPSA) is 92.2 Å². The van der Waals surface area contributed by atoms with Crippen LogP contribution >= 0.6 is 11.3 Å². The lowest BCUT2D eigenvalue weighted by Crippen LogP contribution is -2.36. The lowest BCUT2D eigenvalue weighted by molar-refractivity contribution is -0.384. The van der Waals surface area contributed by atoms with Crippen molar-refractivity contribution in [1.29, 1.82) is 5.26 Å². The summed E-state index contributed by atoms with van der Waals surface area (Å²) in [7, 11) is 0. The van der Waals surface area contributed by atoms with Crippen LogP contribution in [0.5, 0.6) is 0 Å². The van der Waals surface area contributed by atoms with Gasteiger partial charge < -0.3 is 4.57 Å². The second kappa shape index (κ2) is 8.80. The third-order valence-electron chi connectivity index (χ3n) is 6.27. The number of rotatable bonds is 4. The normalized spacial score (nSPS) is 18.3. The van der Waals surface area contributed by atoms with Gasteiger partial charge in [0.05, 0.1) is 28.0 Å². The van der Waals surface area contributed by atoms with Gasteiger partial charge in [-0.3, -0.25) is 19.8 Å². The van der Waals surface area contributed by atoms with Crippen molar-refractivity contribution < 1.29 is 22.9 Å². The fourth-order valence-corrected chi connectivity index (χ4v) is 5.65. The summed E-state index contributed by atoms with van der Waals surface area (Å²) in [5, 5.41) is 24.2. The summed E-state index contributed by atoms with van der Waals surface area (Å²) in [6.07, 6.45) is -0.390. The molecular weight excluding hydrogens is 493 g/mol. The third-order valence-corrected chi connectivity index (χ3v) is 7.20. The van der Waals surface area contributed by atoms with Gasteiger partial charge in [0.15, 0.2) is 5.78 Å². The molecule has 0 saturated heterocycles. The average Bonchev–Trinajstić information content (AvgIpc) is 3.56. The monoisotopic (exact) mass is 510 g/mol. The molecule has 3 aromatic rings. The molecule has 1 atom stereocenters. The van der Waals surface area contributed by atoms with E-state index in [0.717, 1.165) is 17.0 Å². The molecule has 3 heterocycles. The number of Topliss-reactive ketones (excluding diaryl/α,β-unsaturated/α-hetero) is 1. The molecule has 0 amide bonds. The summed E-state index contributed by atoms with van der Waals surface area (Å²) < 4.78 is 41.8. The summed E-state index contributed by atoms with van der Waals surface area (Å²) >= 11 is 1.38. The highest BCUT2D eigenvalue weighted by molar-refractivity contribution is 7.10. The highest BCUT2D eigenvalue weighted by Crippen LogP contribution is 2.51. The Kier molecular flexibility index (Phi) is 5.76. The largest absolute Gasteiger partial charge is 0.416 e. The van der Waals surface area contributed by atoms with Gasteiger partial charge in [0.25, 0.3) is 5.69 Å². The molecule has 0 spiro atoms. The minimum absolute atomic E-state index is 0.142. The first-order valence-electron chi connectivity index (χ1n) is 11.0. The molecule has 7 nitrogen and oxygen atoms in total. The van der Waals surface area contributed by atoms with Crippen molar-refractivity contribution in [2.75, 3.05) is 4.90 Å². The van der Waals surface area contributed by atoms with E-state index in [1.165, 1.54) is 16.2 Å². The lowest BCUT2D eigenvalue weighted by Gasteiger charge is -2.40. The first kappa shape index (κ1) is 23.6. The van der Waals surface area contributed by atoms with Gasteiger partial charge in [0, 0.05) is 41.0 Å². The van der Waals surface area contributed by atoms with E-state index in [2.05, 4.69) is 6.07 Å². The number of hydrogen-bond donors (Lipinski definition) is 0. The van der Waals surface area contributed by atoms with Crippen LogP contribution in [0.1, 0.15) is 35.6 Å². The van der Waals surface area contributed by atoms with E-state index >= 15 is 0 Å². The molecule has 0 saturated carbocycles. The molecule has 1 aromatic carbocycles. The second-order valence-corrected chi connectivity index (χ2v) is 9.30. The molecule has 0 unspecified atom stereocenters. The fourth-order valence-electron chi connectivity index (χ4n) is 4.81. The number of nitro groups is 1. The summed E-state index contributed by atoms with van der Waals surface area (Å²) in [5.74, 6) is -0.620. The van der Waals surface area contributed by atoms with Crippen LogP contribution in [0.2, 0.25) is 0 Å². The quantitative estimate of drug-likeness (QED) is 0.296. The SMILES string of the molecule is N#CC1=C(n2cccc2)N(c2ccc(C(F)(F)F)cc2[N+](=O)[O-])C2=C(C(=O)CCC2)[C@@H]1c1cccs1. The Morgan fingerprint density at radius 2 is 1.89 bits per heavy atom. The average molecular weight is 510 g/mol. The standard InChI is InChI=1S/C25H17F3N4O3S/c26-25(27,28)15-8-9-17(19(13-15)32(34)35)31-18-5-3-6-20(33)23(18)22(21-7-4-12-36-21)16(14-29)24(31)30-10-1-2-11-30/h1-2,4,7-13,22H,3,5-6H2/t22-/m0/s1. The summed E-state index contributed by atoms with van der Waals surface area (Å²) in [6.45, 7) is 0. The van der Waals surface area contributed by atoms with Crippen LogP contribution in [-0.4, -0.2) is 15.3 Å². The number of hydrogen-bond acceptors (Lipinski definition) is 6. The number of carbonyl (C=O) groups is 1. The van der Waals surface area contributed by atoms with Crippen molar-refractivity contribution >= 4 is 34.3 Å². The number of ketones is 1. The summed E-state index contributed by atoms with van der Waals surface area (Å²) in [6, 6.07) is 11.6. The maximum atomic E-state index is 13.4. The second-order valence-electron chi connectivity index (χ2n) is 8.32. The third kappa shape index (κ3) is 3.79. The Morgan fingerprint density at radius 3 is 2.50 bits per heavy atom. The molecule has 1 aliphatic heterocycles.